The molecule has 0 aliphatic rings. The van der Waals surface area contributed by atoms with E-state index in [1.54, 1.807) is 12.3 Å². The second kappa shape index (κ2) is 4.76. The third kappa shape index (κ3) is 2.10. The first-order valence-corrected chi connectivity index (χ1v) is 6.89. The van der Waals surface area contributed by atoms with Crippen LogP contribution in [-0.2, 0) is 0 Å². The number of aromatic amines is 1. The lowest BCUT2D eigenvalue weighted by Gasteiger charge is -2.00. The largest absolute Gasteiger partial charge is 0.366 e. The SMILES string of the molecule is Cc1ccc(-c2cc3c(Br)ccc(C(N)=O)c3[nH]2)cn1. The molecule has 0 fully saturated rings. The summed E-state index contributed by atoms with van der Waals surface area (Å²) in [6.07, 6.45) is 1.80. The van der Waals surface area contributed by atoms with Crippen LogP contribution >= 0.6 is 15.9 Å². The molecule has 3 N–H and O–H groups in total. The van der Waals surface area contributed by atoms with Gasteiger partial charge in [0.25, 0.3) is 5.91 Å². The summed E-state index contributed by atoms with van der Waals surface area (Å²) in [7, 11) is 0. The molecule has 0 saturated heterocycles. The van der Waals surface area contributed by atoms with Crippen molar-refractivity contribution < 1.29 is 4.79 Å². The molecule has 4 nitrogen and oxygen atoms in total. The second-order valence-corrected chi connectivity index (χ2v) is 5.47. The lowest BCUT2D eigenvalue weighted by atomic mass is 10.1. The lowest BCUT2D eigenvalue weighted by Crippen LogP contribution is -2.11. The topological polar surface area (TPSA) is 71.8 Å². The van der Waals surface area contributed by atoms with E-state index >= 15 is 0 Å². The summed E-state index contributed by atoms with van der Waals surface area (Å²) in [4.78, 5) is 19.0. The van der Waals surface area contributed by atoms with Crippen LogP contribution in [0.5, 0.6) is 0 Å². The number of H-pyrrole nitrogens is 1. The first-order chi connectivity index (χ1) is 9.56. The highest BCUT2D eigenvalue weighted by Gasteiger charge is 2.13. The van der Waals surface area contributed by atoms with Gasteiger partial charge in [0.05, 0.1) is 11.1 Å². The molecule has 0 unspecified atom stereocenters. The minimum Gasteiger partial charge on any atom is -0.366 e. The van der Waals surface area contributed by atoms with Gasteiger partial charge in [0.15, 0.2) is 0 Å². The van der Waals surface area contributed by atoms with Crippen LogP contribution in [0.15, 0.2) is 41.0 Å². The molecule has 1 amide bonds. The fourth-order valence-electron chi connectivity index (χ4n) is 2.17. The Kier molecular flexibility index (Phi) is 3.06. The van der Waals surface area contributed by atoms with Crippen molar-refractivity contribution in [1.29, 1.82) is 0 Å². The second-order valence-electron chi connectivity index (χ2n) is 4.62. The molecule has 0 saturated carbocycles. The number of fused-ring (bicyclic) bond motifs is 1. The van der Waals surface area contributed by atoms with Crippen molar-refractivity contribution in [1.82, 2.24) is 9.97 Å². The van der Waals surface area contributed by atoms with Gasteiger partial charge in [-0.05, 0) is 37.3 Å². The van der Waals surface area contributed by atoms with E-state index in [-0.39, 0.29) is 0 Å². The zero-order valence-corrected chi connectivity index (χ0v) is 12.4. The molecule has 100 valence electrons. The number of hydrogen-bond acceptors (Lipinski definition) is 2. The molecule has 2 heterocycles. The summed E-state index contributed by atoms with van der Waals surface area (Å²) in [6.45, 7) is 1.94. The highest BCUT2D eigenvalue weighted by Crippen LogP contribution is 2.31. The standard InChI is InChI=1S/C15H12BrN3O/c1-8-2-3-9(7-18-8)13-6-11-12(16)5-4-10(15(17)20)14(11)19-13/h2-7,19H,1H3,(H2,17,20). The summed E-state index contributed by atoms with van der Waals surface area (Å²) < 4.78 is 0.917. The monoisotopic (exact) mass is 329 g/mol. The van der Waals surface area contributed by atoms with Gasteiger partial charge in [-0.3, -0.25) is 9.78 Å². The first kappa shape index (κ1) is 12.9. The van der Waals surface area contributed by atoms with Gasteiger partial charge in [-0.1, -0.05) is 15.9 Å². The zero-order chi connectivity index (χ0) is 14.3. The van der Waals surface area contributed by atoms with Gasteiger partial charge in [-0.2, -0.15) is 0 Å². The number of benzene rings is 1. The molecule has 0 aliphatic carbocycles. The van der Waals surface area contributed by atoms with Gasteiger partial charge in [0.2, 0.25) is 0 Å². The number of nitrogens with two attached hydrogens (primary N) is 1. The van der Waals surface area contributed by atoms with Crippen molar-refractivity contribution in [2.75, 3.05) is 0 Å². The maximum atomic E-state index is 11.5. The molecule has 20 heavy (non-hydrogen) atoms. The molecule has 3 aromatic rings. The van der Waals surface area contributed by atoms with Gasteiger partial charge in [0.1, 0.15) is 0 Å². The number of carbonyl (C=O) groups excluding carboxylic acids is 1. The van der Waals surface area contributed by atoms with E-state index in [2.05, 4.69) is 25.9 Å². The number of nitrogens with one attached hydrogen (secondary N) is 1. The molecule has 0 aliphatic heterocycles. The predicted octanol–water partition coefficient (Wildman–Crippen LogP) is 3.40. The van der Waals surface area contributed by atoms with Crippen molar-refractivity contribution in [3.8, 4) is 11.3 Å². The Morgan fingerprint density at radius 3 is 2.75 bits per heavy atom. The van der Waals surface area contributed by atoms with Crippen molar-refractivity contribution in [2.24, 2.45) is 5.73 Å². The Bertz CT molecular complexity index is 806. The molecular weight excluding hydrogens is 318 g/mol. The van der Waals surface area contributed by atoms with Crippen LogP contribution in [0.1, 0.15) is 16.1 Å². The average molecular weight is 330 g/mol. The van der Waals surface area contributed by atoms with Crippen LogP contribution in [0.25, 0.3) is 22.2 Å². The average Bonchev–Trinajstić information content (AvgIpc) is 2.85. The maximum Gasteiger partial charge on any atom is 0.250 e. The number of pyridine rings is 1. The Labute approximate surface area is 124 Å². The number of nitrogens with zero attached hydrogens (tertiary/aromatic N) is 1. The van der Waals surface area contributed by atoms with Gasteiger partial charge >= 0.3 is 0 Å². The van der Waals surface area contributed by atoms with E-state index in [1.165, 1.54) is 0 Å². The van der Waals surface area contributed by atoms with Crippen LogP contribution in [0.3, 0.4) is 0 Å². The molecule has 0 atom stereocenters. The molecule has 5 heteroatoms. The van der Waals surface area contributed by atoms with Crippen LogP contribution in [-0.4, -0.2) is 15.9 Å². The van der Waals surface area contributed by atoms with E-state index in [4.69, 9.17) is 5.73 Å². The van der Waals surface area contributed by atoms with Crippen LogP contribution in [0, 0.1) is 6.92 Å². The molecule has 3 rings (SSSR count). The normalized spacial score (nSPS) is 10.9. The predicted molar refractivity (Wildman–Crippen MR) is 82.5 cm³/mol. The van der Waals surface area contributed by atoms with E-state index in [0.29, 0.717) is 5.56 Å². The summed E-state index contributed by atoms with van der Waals surface area (Å²) >= 11 is 3.49. The fourth-order valence-corrected chi connectivity index (χ4v) is 2.62. The first-order valence-electron chi connectivity index (χ1n) is 6.10. The Morgan fingerprint density at radius 1 is 1.30 bits per heavy atom. The van der Waals surface area contributed by atoms with Crippen LogP contribution in [0.4, 0.5) is 0 Å². The van der Waals surface area contributed by atoms with Gasteiger partial charge in [-0.25, -0.2) is 0 Å². The minimum absolute atomic E-state index is 0.446. The third-order valence-electron chi connectivity index (χ3n) is 3.23. The molecular formula is C15H12BrN3O. The Hall–Kier alpha value is -2.14. The van der Waals surface area contributed by atoms with E-state index < -0.39 is 5.91 Å². The van der Waals surface area contributed by atoms with Crippen molar-refractivity contribution in [2.45, 2.75) is 6.92 Å². The number of carbonyl (C=O) groups is 1. The smallest absolute Gasteiger partial charge is 0.250 e. The van der Waals surface area contributed by atoms with E-state index in [0.717, 1.165) is 32.3 Å². The summed E-state index contributed by atoms with van der Waals surface area (Å²) in [5.41, 5.74) is 9.46. The Balaban J connectivity index is 2.24. The number of hydrogen-bond donors (Lipinski definition) is 2. The third-order valence-corrected chi connectivity index (χ3v) is 3.92. The maximum absolute atomic E-state index is 11.5. The van der Waals surface area contributed by atoms with Gasteiger partial charge in [-0.15, -0.1) is 0 Å². The van der Waals surface area contributed by atoms with E-state index in [9.17, 15) is 4.79 Å². The van der Waals surface area contributed by atoms with Crippen molar-refractivity contribution >= 4 is 32.7 Å². The van der Waals surface area contributed by atoms with Crippen LogP contribution in [0.2, 0.25) is 0 Å². The summed E-state index contributed by atoms with van der Waals surface area (Å²) in [5.74, 6) is -0.446. The summed E-state index contributed by atoms with van der Waals surface area (Å²) in [6, 6.07) is 9.46. The van der Waals surface area contributed by atoms with E-state index in [1.807, 2.05) is 31.2 Å². The number of aryl methyl sites for hydroxylation is 1. The highest BCUT2D eigenvalue weighted by atomic mass is 79.9. The Morgan fingerprint density at radius 2 is 2.10 bits per heavy atom. The van der Waals surface area contributed by atoms with Gasteiger partial charge in [0, 0.05) is 33.0 Å². The molecule has 2 aromatic heterocycles. The number of rotatable bonds is 2. The molecule has 0 spiro atoms. The molecule has 0 bridgehead atoms. The number of aromatic nitrogens is 2. The highest BCUT2D eigenvalue weighted by molar-refractivity contribution is 9.10. The van der Waals surface area contributed by atoms with Crippen LogP contribution < -0.4 is 5.73 Å². The zero-order valence-electron chi connectivity index (χ0n) is 10.8. The number of amides is 1. The lowest BCUT2D eigenvalue weighted by molar-refractivity contribution is 0.100. The van der Waals surface area contributed by atoms with Gasteiger partial charge < -0.3 is 10.7 Å². The number of halogens is 1. The molecule has 0 radical (unpaired) electrons. The quantitative estimate of drug-likeness (QED) is 0.756. The fraction of sp³-hybridized carbons (Fsp3) is 0.0667. The van der Waals surface area contributed by atoms with Crippen molar-refractivity contribution in [3.63, 3.8) is 0 Å². The summed E-state index contributed by atoms with van der Waals surface area (Å²) in [5, 5.41) is 0.928. The molecule has 1 aromatic carbocycles. The minimum atomic E-state index is -0.446. The van der Waals surface area contributed by atoms with Crippen molar-refractivity contribution in [3.05, 3.63) is 52.3 Å². The number of primary amides is 1.